The van der Waals surface area contributed by atoms with Gasteiger partial charge in [0, 0.05) is 43.2 Å². The van der Waals surface area contributed by atoms with Gasteiger partial charge < -0.3 is 20.5 Å². The van der Waals surface area contributed by atoms with E-state index < -0.39 is 17.8 Å². The highest BCUT2D eigenvalue weighted by molar-refractivity contribution is 5.96. The number of halogens is 1. The number of fused-ring (bicyclic) bond motifs is 1. The molecule has 8 heteroatoms. The van der Waals surface area contributed by atoms with Crippen LogP contribution >= 0.6 is 0 Å². The standard InChI is InChI=1S/C22H23FN4O3/c1-14(28)25-20(11-15-12-24-19-6-4-3-5-18(15)19)22(30)27(2)13-21(29)26-17-9-7-16(23)8-10-17/h3-10,12,20,24H,11,13H2,1-2H3,(H,25,28)(H,26,29). The average molecular weight is 410 g/mol. The van der Waals surface area contributed by atoms with Crippen LogP contribution in [-0.4, -0.2) is 47.2 Å². The topological polar surface area (TPSA) is 94.3 Å². The number of hydrogen-bond donors (Lipinski definition) is 3. The van der Waals surface area contributed by atoms with E-state index >= 15 is 0 Å². The zero-order chi connectivity index (χ0) is 21.7. The van der Waals surface area contributed by atoms with Crippen molar-refractivity contribution in [3.63, 3.8) is 0 Å². The molecule has 3 aromatic rings. The summed E-state index contributed by atoms with van der Waals surface area (Å²) in [7, 11) is 1.50. The van der Waals surface area contributed by atoms with E-state index in [0.717, 1.165) is 16.5 Å². The lowest BCUT2D eigenvalue weighted by Crippen LogP contribution is -2.49. The van der Waals surface area contributed by atoms with Crippen LogP contribution in [0.3, 0.4) is 0 Å². The Bertz CT molecular complexity index is 1060. The number of benzene rings is 2. The number of rotatable bonds is 7. The maximum absolute atomic E-state index is 13.0. The smallest absolute Gasteiger partial charge is 0.245 e. The Morgan fingerprint density at radius 3 is 2.50 bits per heavy atom. The van der Waals surface area contributed by atoms with Crippen molar-refractivity contribution >= 4 is 34.3 Å². The van der Waals surface area contributed by atoms with E-state index in [9.17, 15) is 18.8 Å². The molecule has 30 heavy (non-hydrogen) atoms. The highest BCUT2D eigenvalue weighted by Crippen LogP contribution is 2.19. The summed E-state index contributed by atoms with van der Waals surface area (Å²) in [5.41, 5.74) is 2.26. The molecule has 1 aromatic heterocycles. The van der Waals surface area contributed by atoms with Gasteiger partial charge in [0.1, 0.15) is 11.9 Å². The van der Waals surface area contributed by atoms with Gasteiger partial charge in [0.2, 0.25) is 17.7 Å². The van der Waals surface area contributed by atoms with Crippen molar-refractivity contribution in [2.75, 3.05) is 18.9 Å². The van der Waals surface area contributed by atoms with E-state index in [0.29, 0.717) is 5.69 Å². The molecule has 0 radical (unpaired) electrons. The molecule has 156 valence electrons. The molecular formula is C22H23FN4O3. The van der Waals surface area contributed by atoms with Gasteiger partial charge in [-0.15, -0.1) is 0 Å². The number of H-pyrrole nitrogens is 1. The number of hydrogen-bond acceptors (Lipinski definition) is 3. The van der Waals surface area contributed by atoms with Gasteiger partial charge >= 0.3 is 0 Å². The van der Waals surface area contributed by atoms with E-state index in [4.69, 9.17) is 0 Å². The summed E-state index contributed by atoms with van der Waals surface area (Å²) in [4.78, 5) is 41.3. The van der Waals surface area contributed by atoms with Gasteiger partial charge in [0.05, 0.1) is 6.54 Å². The van der Waals surface area contributed by atoms with Crippen LogP contribution in [0.5, 0.6) is 0 Å². The first-order valence-corrected chi connectivity index (χ1v) is 9.46. The number of para-hydroxylation sites is 1. The second kappa shape index (κ2) is 9.21. The molecule has 3 amide bonds. The molecule has 0 spiro atoms. The molecular weight excluding hydrogens is 387 g/mol. The molecule has 0 saturated heterocycles. The highest BCUT2D eigenvalue weighted by atomic mass is 19.1. The van der Waals surface area contributed by atoms with Crippen molar-refractivity contribution in [2.24, 2.45) is 0 Å². The Labute approximate surface area is 173 Å². The van der Waals surface area contributed by atoms with E-state index in [1.54, 1.807) is 0 Å². The van der Waals surface area contributed by atoms with Crippen molar-refractivity contribution in [3.05, 3.63) is 66.1 Å². The Morgan fingerprint density at radius 2 is 1.80 bits per heavy atom. The van der Waals surface area contributed by atoms with Crippen LogP contribution in [0, 0.1) is 5.82 Å². The molecule has 0 fully saturated rings. The fraction of sp³-hybridized carbons (Fsp3) is 0.227. The van der Waals surface area contributed by atoms with Crippen molar-refractivity contribution in [1.82, 2.24) is 15.2 Å². The van der Waals surface area contributed by atoms with Crippen molar-refractivity contribution in [1.29, 1.82) is 0 Å². The average Bonchev–Trinajstić information content (AvgIpc) is 3.11. The third-order valence-electron chi connectivity index (χ3n) is 4.66. The predicted octanol–water partition coefficient (Wildman–Crippen LogP) is 2.45. The summed E-state index contributed by atoms with van der Waals surface area (Å²) in [6.45, 7) is 1.14. The predicted molar refractivity (Wildman–Crippen MR) is 112 cm³/mol. The van der Waals surface area contributed by atoms with Crippen LogP contribution in [0.1, 0.15) is 12.5 Å². The van der Waals surface area contributed by atoms with Gasteiger partial charge in [-0.25, -0.2) is 4.39 Å². The number of carbonyl (C=O) groups is 3. The van der Waals surface area contributed by atoms with Crippen LogP contribution < -0.4 is 10.6 Å². The zero-order valence-corrected chi connectivity index (χ0v) is 16.7. The number of aromatic amines is 1. The number of carbonyl (C=O) groups excluding carboxylic acids is 3. The third-order valence-corrected chi connectivity index (χ3v) is 4.66. The van der Waals surface area contributed by atoms with E-state index in [-0.39, 0.29) is 24.8 Å². The summed E-state index contributed by atoms with van der Waals surface area (Å²) in [6, 6.07) is 12.2. The number of nitrogens with zero attached hydrogens (tertiary/aromatic N) is 1. The monoisotopic (exact) mass is 410 g/mol. The number of nitrogens with one attached hydrogen (secondary N) is 3. The lowest BCUT2D eigenvalue weighted by Gasteiger charge is -2.24. The number of likely N-dealkylation sites (N-methyl/N-ethyl adjacent to an activating group) is 1. The molecule has 0 bridgehead atoms. The normalized spacial score (nSPS) is 11.7. The Balaban J connectivity index is 1.68. The lowest BCUT2D eigenvalue weighted by atomic mass is 10.0. The van der Waals surface area contributed by atoms with E-state index in [2.05, 4.69) is 15.6 Å². The minimum atomic E-state index is -0.815. The molecule has 1 atom stereocenters. The fourth-order valence-corrected chi connectivity index (χ4v) is 3.26. The molecule has 3 N–H and O–H groups in total. The molecule has 3 rings (SSSR count). The van der Waals surface area contributed by atoms with Gasteiger partial charge in [0.15, 0.2) is 0 Å². The maximum atomic E-state index is 13.0. The lowest BCUT2D eigenvalue weighted by molar-refractivity contribution is -0.137. The number of aromatic nitrogens is 1. The van der Waals surface area contributed by atoms with Gasteiger partial charge in [-0.2, -0.15) is 0 Å². The molecule has 2 aromatic carbocycles. The van der Waals surface area contributed by atoms with Gasteiger partial charge in [0.25, 0.3) is 0 Å². The van der Waals surface area contributed by atoms with Crippen LogP contribution in [0.15, 0.2) is 54.7 Å². The van der Waals surface area contributed by atoms with Crippen LogP contribution in [0.25, 0.3) is 10.9 Å². The van der Waals surface area contributed by atoms with Crippen LogP contribution in [0.4, 0.5) is 10.1 Å². The number of anilines is 1. The minimum absolute atomic E-state index is 0.208. The first-order valence-electron chi connectivity index (χ1n) is 9.46. The first kappa shape index (κ1) is 21.0. The molecule has 0 aliphatic heterocycles. The highest BCUT2D eigenvalue weighted by Gasteiger charge is 2.25. The molecule has 0 aliphatic rings. The quantitative estimate of drug-likeness (QED) is 0.558. The molecule has 0 saturated carbocycles. The third kappa shape index (κ3) is 5.22. The summed E-state index contributed by atoms with van der Waals surface area (Å²) in [5, 5.41) is 6.26. The van der Waals surface area contributed by atoms with Gasteiger partial charge in [-0.3, -0.25) is 14.4 Å². The molecule has 1 heterocycles. The molecule has 0 aliphatic carbocycles. The Kier molecular flexibility index (Phi) is 6.46. The second-order valence-electron chi connectivity index (χ2n) is 7.07. The number of amides is 3. The fourth-order valence-electron chi connectivity index (χ4n) is 3.26. The van der Waals surface area contributed by atoms with Crippen LogP contribution in [-0.2, 0) is 20.8 Å². The van der Waals surface area contributed by atoms with E-state index in [1.807, 2.05) is 30.5 Å². The largest absolute Gasteiger partial charge is 0.361 e. The molecule has 1 unspecified atom stereocenters. The van der Waals surface area contributed by atoms with Crippen molar-refractivity contribution < 1.29 is 18.8 Å². The van der Waals surface area contributed by atoms with E-state index in [1.165, 1.54) is 43.1 Å². The maximum Gasteiger partial charge on any atom is 0.245 e. The Morgan fingerprint density at radius 1 is 1.10 bits per heavy atom. The van der Waals surface area contributed by atoms with Crippen molar-refractivity contribution in [2.45, 2.75) is 19.4 Å². The van der Waals surface area contributed by atoms with Crippen molar-refractivity contribution in [3.8, 4) is 0 Å². The van der Waals surface area contributed by atoms with Gasteiger partial charge in [-0.1, -0.05) is 18.2 Å². The summed E-state index contributed by atoms with van der Waals surface area (Å²) < 4.78 is 13.0. The Hall–Kier alpha value is -3.68. The first-order chi connectivity index (χ1) is 14.3. The van der Waals surface area contributed by atoms with Crippen LogP contribution in [0.2, 0.25) is 0 Å². The second-order valence-corrected chi connectivity index (χ2v) is 7.07. The molecule has 7 nitrogen and oxygen atoms in total. The summed E-state index contributed by atoms with van der Waals surface area (Å²) in [6.07, 6.45) is 2.10. The minimum Gasteiger partial charge on any atom is -0.361 e. The summed E-state index contributed by atoms with van der Waals surface area (Å²) in [5.74, 6) is -1.55. The SMILES string of the molecule is CC(=O)NC(Cc1c[nH]c2ccccc12)C(=O)N(C)CC(=O)Nc1ccc(F)cc1. The zero-order valence-electron chi connectivity index (χ0n) is 16.7. The van der Waals surface area contributed by atoms with Gasteiger partial charge in [-0.05, 0) is 35.9 Å². The summed E-state index contributed by atoms with van der Waals surface area (Å²) >= 11 is 0.